The molecule has 18 heavy (non-hydrogen) atoms. The normalized spacial score (nSPS) is 22.0. The van der Waals surface area contributed by atoms with Crippen molar-refractivity contribution in [2.24, 2.45) is 5.92 Å². The van der Waals surface area contributed by atoms with Gasteiger partial charge in [-0.15, -0.1) is 11.3 Å². The van der Waals surface area contributed by atoms with Crippen LogP contribution in [0.4, 0.5) is 0 Å². The second-order valence-electron chi connectivity index (χ2n) is 5.46. The average Bonchev–Trinajstić information content (AvgIpc) is 2.76. The molecule has 0 amide bonds. The van der Waals surface area contributed by atoms with Gasteiger partial charge in [0.05, 0.1) is 4.34 Å². The number of likely N-dealkylation sites (tertiary alicyclic amines) is 1. The number of rotatable bonds is 4. The third-order valence-electron chi connectivity index (χ3n) is 4.00. The monoisotopic (exact) mass is 286 g/mol. The van der Waals surface area contributed by atoms with Gasteiger partial charge in [-0.1, -0.05) is 11.6 Å². The van der Waals surface area contributed by atoms with Gasteiger partial charge in [-0.25, -0.2) is 0 Å². The van der Waals surface area contributed by atoms with Crippen molar-refractivity contribution in [2.75, 3.05) is 20.1 Å². The van der Waals surface area contributed by atoms with E-state index in [-0.39, 0.29) is 0 Å². The summed E-state index contributed by atoms with van der Waals surface area (Å²) >= 11 is 7.67. The first-order valence-electron chi connectivity index (χ1n) is 6.76. The van der Waals surface area contributed by atoms with Gasteiger partial charge >= 0.3 is 0 Å². The van der Waals surface area contributed by atoms with E-state index in [1.807, 2.05) is 6.07 Å². The summed E-state index contributed by atoms with van der Waals surface area (Å²) in [6.45, 7) is 7.01. The molecule has 0 spiro atoms. The Balaban J connectivity index is 1.85. The molecule has 102 valence electrons. The molecule has 2 rings (SSSR count). The first-order valence-corrected chi connectivity index (χ1v) is 7.95. The van der Waals surface area contributed by atoms with Crippen molar-refractivity contribution >= 4 is 22.9 Å². The Morgan fingerprint density at radius 3 is 2.56 bits per heavy atom. The Hall–Kier alpha value is -0.0900. The molecule has 0 bridgehead atoms. The number of halogens is 1. The van der Waals surface area contributed by atoms with E-state index in [1.165, 1.54) is 30.8 Å². The minimum atomic E-state index is 0.400. The number of piperidine rings is 1. The number of hydrogen-bond acceptors (Lipinski definition) is 3. The van der Waals surface area contributed by atoms with Gasteiger partial charge < -0.3 is 10.2 Å². The summed E-state index contributed by atoms with van der Waals surface area (Å²) in [5, 5.41) is 3.73. The summed E-state index contributed by atoms with van der Waals surface area (Å²) < 4.78 is 0.880. The predicted molar refractivity (Wildman–Crippen MR) is 80.6 cm³/mol. The van der Waals surface area contributed by atoms with Crippen LogP contribution in [0.15, 0.2) is 12.1 Å². The van der Waals surface area contributed by atoms with Gasteiger partial charge in [0.15, 0.2) is 0 Å². The fourth-order valence-electron chi connectivity index (χ4n) is 2.70. The first-order chi connectivity index (χ1) is 8.56. The standard InChI is InChI=1S/C14H23ClN2S/c1-10(12-6-8-17(3)9-7-12)16-11(2)13-4-5-14(15)18-13/h4-5,10-12,16H,6-9H2,1-3H3. The highest BCUT2D eigenvalue weighted by atomic mass is 35.5. The summed E-state index contributed by atoms with van der Waals surface area (Å²) in [7, 11) is 2.21. The Kier molecular flexibility index (Phi) is 5.07. The Bertz CT molecular complexity index is 372. The van der Waals surface area contributed by atoms with E-state index >= 15 is 0 Å². The lowest BCUT2D eigenvalue weighted by atomic mass is 9.90. The summed E-state index contributed by atoms with van der Waals surface area (Å²) in [4.78, 5) is 3.76. The highest BCUT2D eigenvalue weighted by molar-refractivity contribution is 7.16. The number of nitrogens with zero attached hydrogens (tertiary/aromatic N) is 1. The van der Waals surface area contributed by atoms with E-state index in [0.717, 1.165) is 10.3 Å². The third-order valence-corrected chi connectivity index (χ3v) is 5.42. The molecule has 1 aromatic rings. The highest BCUT2D eigenvalue weighted by Gasteiger charge is 2.23. The molecule has 1 aromatic heterocycles. The van der Waals surface area contributed by atoms with Crippen molar-refractivity contribution < 1.29 is 0 Å². The molecule has 4 heteroatoms. The molecule has 1 fully saturated rings. The van der Waals surface area contributed by atoms with Crippen molar-refractivity contribution in [1.82, 2.24) is 10.2 Å². The van der Waals surface area contributed by atoms with Crippen LogP contribution in [0.2, 0.25) is 4.34 Å². The van der Waals surface area contributed by atoms with Crippen LogP contribution in [0.1, 0.15) is 37.6 Å². The van der Waals surface area contributed by atoms with Crippen LogP contribution < -0.4 is 5.32 Å². The van der Waals surface area contributed by atoms with Crippen LogP contribution >= 0.6 is 22.9 Å². The zero-order valence-corrected chi connectivity index (χ0v) is 13.0. The smallest absolute Gasteiger partial charge is 0.0931 e. The number of hydrogen-bond donors (Lipinski definition) is 1. The molecule has 0 radical (unpaired) electrons. The molecule has 2 unspecified atom stereocenters. The first kappa shape index (κ1) is 14.3. The van der Waals surface area contributed by atoms with E-state index in [4.69, 9.17) is 11.6 Å². The number of nitrogens with one attached hydrogen (secondary N) is 1. The van der Waals surface area contributed by atoms with Crippen LogP contribution in [-0.2, 0) is 0 Å². The van der Waals surface area contributed by atoms with Crippen molar-refractivity contribution in [3.63, 3.8) is 0 Å². The summed E-state index contributed by atoms with van der Waals surface area (Å²) in [5.41, 5.74) is 0. The SMILES string of the molecule is CC(NC(C)C1CCN(C)CC1)c1ccc(Cl)s1. The van der Waals surface area contributed by atoms with Crippen LogP contribution in [0.5, 0.6) is 0 Å². The van der Waals surface area contributed by atoms with Gasteiger partial charge in [-0.05, 0) is 64.9 Å². The average molecular weight is 287 g/mol. The molecule has 0 aromatic carbocycles. The largest absolute Gasteiger partial charge is 0.307 e. The Morgan fingerprint density at radius 1 is 1.33 bits per heavy atom. The minimum Gasteiger partial charge on any atom is -0.307 e. The maximum Gasteiger partial charge on any atom is 0.0931 e. The second kappa shape index (κ2) is 6.38. The zero-order valence-electron chi connectivity index (χ0n) is 11.4. The van der Waals surface area contributed by atoms with E-state index < -0.39 is 0 Å². The van der Waals surface area contributed by atoms with Crippen LogP contribution in [0.3, 0.4) is 0 Å². The van der Waals surface area contributed by atoms with Crippen molar-refractivity contribution in [1.29, 1.82) is 0 Å². The molecule has 0 aliphatic carbocycles. The number of thiophene rings is 1. The van der Waals surface area contributed by atoms with Crippen molar-refractivity contribution in [3.05, 3.63) is 21.3 Å². The maximum absolute atomic E-state index is 5.99. The summed E-state index contributed by atoms with van der Waals surface area (Å²) in [6, 6.07) is 5.10. The molecule has 1 aliphatic rings. The Morgan fingerprint density at radius 2 is 2.00 bits per heavy atom. The van der Waals surface area contributed by atoms with E-state index in [9.17, 15) is 0 Å². The second-order valence-corrected chi connectivity index (χ2v) is 7.21. The predicted octanol–water partition coefficient (Wildman–Crippen LogP) is 3.78. The molecule has 2 nitrogen and oxygen atoms in total. The maximum atomic E-state index is 5.99. The van der Waals surface area contributed by atoms with Crippen molar-refractivity contribution in [3.8, 4) is 0 Å². The third kappa shape index (κ3) is 3.70. The van der Waals surface area contributed by atoms with Gasteiger partial charge in [0.2, 0.25) is 0 Å². The van der Waals surface area contributed by atoms with Gasteiger partial charge in [0, 0.05) is 17.0 Å². The van der Waals surface area contributed by atoms with Gasteiger partial charge in [-0.3, -0.25) is 0 Å². The molecular formula is C14H23ClN2S. The van der Waals surface area contributed by atoms with Crippen LogP contribution in [0, 0.1) is 5.92 Å². The lowest BCUT2D eigenvalue weighted by Gasteiger charge is -2.34. The molecule has 1 saturated heterocycles. The van der Waals surface area contributed by atoms with E-state index in [1.54, 1.807) is 11.3 Å². The van der Waals surface area contributed by atoms with Crippen LogP contribution in [-0.4, -0.2) is 31.1 Å². The fraction of sp³-hybridized carbons (Fsp3) is 0.714. The minimum absolute atomic E-state index is 0.400. The molecule has 1 aliphatic heterocycles. The topological polar surface area (TPSA) is 15.3 Å². The molecule has 0 saturated carbocycles. The van der Waals surface area contributed by atoms with Crippen LogP contribution in [0.25, 0.3) is 0 Å². The highest BCUT2D eigenvalue weighted by Crippen LogP contribution is 2.28. The van der Waals surface area contributed by atoms with E-state index in [0.29, 0.717) is 12.1 Å². The Labute approximate surface area is 119 Å². The summed E-state index contributed by atoms with van der Waals surface area (Å²) in [6.07, 6.45) is 2.62. The zero-order chi connectivity index (χ0) is 13.1. The molecule has 2 atom stereocenters. The molecular weight excluding hydrogens is 264 g/mol. The van der Waals surface area contributed by atoms with Crippen molar-refractivity contribution in [2.45, 2.75) is 38.8 Å². The quantitative estimate of drug-likeness (QED) is 0.906. The fourth-order valence-corrected chi connectivity index (χ4v) is 3.77. The van der Waals surface area contributed by atoms with Gasteiger partial charge in [0.1, 0.15) is 0 Å². The lowest BCUT2D eigenvalue weighted by molar-refractivity contribution is 0.185. The van der Waals surface area contributed by atoms with Gasteiger partial charge in [-0.2, -0.15) is 0 Å². The summed E-state index contributed by atoms with van der Waals surface area (Å²) in [5.74, 6) is 0.805. The lowest BCUT2D eigenvalue weighted by Crippen LogP contribution is -2.41. The molecule has 1 N–H and O–H groups in total. The van der Waals surface area contributed by atoms with Gasteiger partial charge in [0.25, 0.3) is 0 Å². The molecule has 2 heterocycles. The van der Waals surface area contributed by atoms with E-state index in [2.05, 4.69) is 37.2 Å².